The maximum absolute atomic E-state index is 12.8. The van der Waals surface area contributed by atoms with Crippen LogP contribution in [-0.2, 0) is 23.8 Å². The molecule has 3 saturated heterocycles. The summed E-state index contributed by atoms with van der Waals surface area (Å²) < 4.78 is 16.8. The molecule has 0 amide bonds. The first kappa shape index (κ1) is 13.9. The molecule has 5 heteroatoms. The summed E-state index contributed by atoms with van der Waals surface area (Å²) in [6, 6.07) is 0. The molecule has 5 nitrogen and oxygen atoms in total. The number of fused-ring (bicyclic) bond motifs is 2. The molecule has 3 aliphatic heterocycles. The van der Waals surface area contributed by atoms with E-state index < -0.39 is 34.8 Å². The molecular weight excluding hydrogens is 260 g/mol. The first-order valence-electron chi connectivity index (χ1n) is 7.42. The SMILES string of the molecule is CC(C)(C)OC(=O)[C@]12CC[C@H](OC1=O)OC21CCCC1. The molecule has 1 spiro atoms. The topological polar surface area (TPSA) is 61.8 Å². The largest absolute Gasteiger partial charge is 0.459 e. The lowest BCUT2D eigenvalue weighted by Gasteiger charge is -2.54. The van der Waals surface area contributed by atoms with Gasteiger partial charge in [-0.2, -0.15) is 0 Å². The molecule has 20 heavy (non-hydrogen) atoms. The van der Waals surface area contributed by atoms with Crippen molar-refractivity contribution in [3.63, 3.8) is 0 Å². The molecule has 3 heterocycles. The molecule has 0 aromatic carbocycles. The van der Waals surface area contributed by atoms with Gasteiger partial charge in [0, 0.05) is 6.42 Å². The molecule has 4 aliphatic rings. The predicted octanol–water partition coefficient (Wildman–Crippen LogP) is 2.32. The van der Waals surface area contributed by atoms with Crippen LogP contribution in [0.15, 0.2) is 0 Å². The minimum Gasteiger partial charge on any atom is -0.459 e. The molecule has 112 valence electrons. The zero-order valence-corrected chi connectivity index (χ0v) is 12.4. The third-order valence-corrected chi connectivity index (χ3v) is 4.64. The quantitative estimate of drug-likeness (QED) is 0.545. The molecule has 0 N–H and O–H groups in total. The van der Waals surface area contributed by atoms with Crippen LogP contribution in [0.3, 0.4) is 0 Å². The van der Waals surface area contributed by atoms with Gasteiger partial charge in [0.15, 0.2) is 5.41 Å². The highest BCUT2D eigenvalue weighted by Crippen LogP contribution is 2.58. The second-order valence-corrected chi connectivity index (χ2v) is 7.10. The number of ether oxygens (including phenoxy) is 3. The van der Waals surface area contributed by atoms with Gasteiger partial charge in [0.1, 0.15) is 5.60 Å². The number of hydrogen-bond acceptors (Lipinski definition) is 5. The van der Waals surface area contributed by atoms with E-state index in [0.29, 0.717) is 12.8 Å². The summed E-state index contributed by atoms with van der Waals surface area (Å²) in [6.45, 7) is 5.43. The fourth-order valence-electron chi connectivity index (χ4n) is 3.79. The van der Waals surface area contributed by atoms with Crippen LogP contribution >= 0.6 is 0 Å². The molecule has 4 rings (SSSR count). The van der Waals surface area contributed by atoms with Crippen molar-refractivity contribution >= 4 is 11.9 Å². The van der Waals surface area contributed by atoms with Gasteiger partial charge < -0.3 is 14.2 Å². The van der Waals surface area contributed by atoms with Gasteiger partial charge in [-0.25, -0.2) is 0 Å². The Morgan fingerprint density at radius 2 is 1.90 bits per heavy atom. The molecule has 1 aliphatic carbocycles. The Morgan fingerprint density at radius 3 is 2.45 bits per heavy atom. The summed E-state index contributed by atoms with van der Waals surface area (Å²) >= 11 is 0. The maximum Gasteiger partial charge on any atom is 0.328 e. The van der Waals surface area contributed by atoms with E-state index in [4.69, 9.17) is 14.2 Å². The second-order valence-electron chi connectivity index (χ2n) is 7.10. The second kappa shape index (κ2) is 4.20. The van der Waals surface area contributed by atoms with Crippen molar-refractivity contribution in [2.75, 3.05) is 0 Å². The summed E-state index contributed by atoms with van der Waals surface area (Å²) in [5, 5.41) is 0. The Bertz CT molecular complexity index is 444. The standard InChI is InChI=1S/C15H22O5/c1-13(2,3)20-12(17)15-9-6-10(18-11(15)16)19-14(15)7-4-5-8-14/h10H,4-9H2,1-3H3/t10-,15+/m1/s1. The van der Waals surface area contributed by atoms with Crippen molar-refractivity contribution < 1.29 is 23.8 Å². The molecule has 4 fully saturated rings. The molecule has 0 radical (unpaired) electrons. The first-order chi connectivity index (χ1) is 9.29. The van der Waals surface area contributed by atoms with Gasteiger partial charge in [-0.3, -0.25) is 9.59 Å². The third kappa shape index (κ3) is 1.79. The van der Waals surface area contributed by atoms with Crippen LogP contribution in [0.4, 0.5) is 0 Å². The Hall–Kier alpha value is -1.10. The van der Waals surface area contributed by atoms with Crippen molar-refractivity contribution in [3.05, 3.63) is 0 Å². The summed E-state index contributed by atoms with van der Waals surface area (Å²) in [6.07, 6.45) is 3.99. The molecule has 1 saturated carbocycles. The van der Waals surface area contributed by atoms with Crippen LogP contribution in [0.5, 0.6) is 0 Å². The molecule has 2 atom stereocenters. The van der Waals surface area contributed by atoms with Gasteiger partial charge in [-0.15, -0.1) is 0 Å². The van der Waals surface area contributed by atoms with Crippen molar-refractivity contribution in [1.29, 1.82) is 0 Å². The maximum atomic E-state index is 12.8. The lowest BCUT2D eigenvalue weighted by molar-refractivity contribution is -0.314. The molecule has 0 aromatic rings. The van der Waals surface area contributed by atoms with E-state index in [9.17, 15) is 9.59 Å². The number of carbonyl (C=O) groups excluding carboxylic acids is 2. The highest BCUT2D eigenvalue weighted by atomic mass is 16.7. The highest BCUT2D eigenvalue weighted by molar-refractivity contribution is 6.02. The van der Waals surface area contributed by atoms with Gasteiger partial charge in [0.2, 0.25) is 6.29 Å². The van der Waals surface area contributed by atoms with E-state index in [2.05, 4.69) is 0 Å². The molecule has 2 bridgehead atoms. The van der Waals surface area contributed by atoms with Gasteiger partial charge in [0.25, 0.3) is 0 Å². The van der Waals surface area contributed by atoms with Crippen LogP contribution in [0.25, 0.3) is 0 Å². The fourth-order valence-corrected chi connectivity index (χ4v) is 3.79. The number of hydrogen-bond donors (Lipinski definition) is 0. The van der Waals surface area contributed by atoms with Crippen LogP contribution in [0.1, 0.15) is 59.3 Å². The van der Waals surface area contributed by atoms with Crippen molar-refractivity contribution in [1.82, 2.24) is 0 Å². The Balaban J connectivity index is 2.00. The Morgan fingerprint density at radius 1 is 1.25 bits per heavy atom. The van der Waals surface area contributed by atoms with E-state index in [1.165, 1.54) is 0 Å². The van der Waals surface area contributed by atoms with Gasteiger partial charge in [-0.05, 0) is 40.0 Å². The zero-order chi connectivity index (χ0) is 14.6. The van der Waals surface area contributed by atoms with E-state index in [-0.39, 0.29) is 0 Å². The van der Waals surface area contributed by atoms with E-state index in [1.54, 1.807) is 0 Å². The van der Waals surface area contributed by atoms with Crippen LogP contribution in [0, 0.1) is 5.41 Å². The summed E-state index contributed by atoms with van der Waals surface area (Å²) in [4.78, 5) is 25.2. The zero-order valence-electron chi connectivity index (χ0n) is 12.4. The van der Waals surface area contributed by atoms with Gasteiger partial charge in [-0.1, -0.05) is 12.8 Å². The van der Waals surface area contributed by atoms with E-state index in [1.807, 2.05) is 20.8 Å². The van der Waals surface area contributed by atoms with E-state index >= 15 is 0 Å². The molecular formula is C15H22O5. The summed E-state index contributed by atoms with van der Waals surface area (Å²) in [5.41, 5.74) is -2.58. The van der Waals surface area contributed by atoms with Crippen molar-refractivity contribution in [3.8, 4) is 0 Å². The van der Waals surface area contributed by atoms with Crippen LogP contribution in [0.2, 0.25) is 0 Å². The smallest absolute Gasteiger partial charge is 0.328 e. The average Bonchev–Trinajstić information content (AvgIpc) is 2.75. The van der Waals surface area contributed by atoms with Crippen molar-refractivity contribution in [2.45, 2.75) is 76.8 Å². The normalized spacial score (nSPS) is 35.1. The average molecular weight is 282 g/mol. The fraction of sp³-hybridized carbons (Fsp3) is 0.867. The number of rotatable bonds is 1. The van der Waals surface area contributed by atoms with Crippen LogP contribution in [-0.4, -0.2) is 29.4 Å². The lowest BCUT2D eigenvalue weighted by Crippen LogP contribution is -2.68. The number of esters is 2. The van der Waals surface area contributed by atoms with Gasteiger partial charge in [0.05, 0.1) is 5.60 Å². The van der Waals surface area contributed by atoms with Crippen molar-refractivity contribution in [2.24, 2.45) is 5.41 Å². The molecule has 0 aromatic heterocycles. The Kier molecular flexibility index (Phi) is 2.91. The highest BCUT2D eigenvalue weighted by Gasteiger charge is 2.71. The van der Waals surface area contributed by atoms with E-state index in [0.717, 1.165) is 25.7 Å². The monoisotopic (exact) mass is 282 g/mol. The summed E-state index contributed by atoms with van der Waals surface area (Å²) in [7, 11) is 0. The Labute approximate surface area is 118 Å². The molecule has 0 unspecified atom stereocenters. The first-order valence-corrected chi connectivity index (χ1v) is 7.42. The van der Waals surface area contributed by atoms with Gasteiger partial charge >= 0.3 is 11.9 Å². The third-order valence-electron chi connectivity index (χ3n) is 4.64. The number of carbonyl (C=O) groups is 2. The lowest BCUT2D eigenvalue weighted by atomic mass is 9.64. The minimum absolute atomic E-state index is 0.448. The van der Waals surface area contributed by atoms with Crippen LogP contribution < -0.4 is 0 Å². The predicted molar refractivity (Wildman–Crippen MR) is 69.7 cm³/mol. The minimum atomic E-state index is -1.26. The summed E-state index contributed by atoms with van der Waals surface area (Å²) in [5.74, 6) is -0.925.